The zero-order valence-electron chi connectivity index (χ0n) is 9.68. The van der Waals surface area contributed by atoms with E-state index >= 15 is 0 Å². The van der Waals surface area contributed by atoms with Crippen molar-refractivity contribution in [2.24, 2.45) is 0 Å². The second-order valence-corrected chi connectivity index (χ2v) is 6.06. The first kappa shape index (κ1) is 12.1. The quantitative estimate of drug-likeness (QED) is 0.623. The Hall–Kier alpha value is -1.94. The highest BCUT2D eigenvalue weighted by Gasteiger charge is 2.43. The molecule has 3 rings (SSSR count). The summed E-state index contributed by atoms with van der Waals surface area (Å²) in [6.07, 6.45) is 0. The Morgan fingerprint density at radius 3 is 2.42 bits per heavy atom. The van der Waals surface area contributed by atoms with Gasteiger partial charge in [-0.25, -0.2) is 0 Å². The summed E-state index contributed by atoms with van der Waals surface area (Å²) in [5.74, 6) is 0.223. The Balaban J connectivity index is 2.10. The van der Waals surface area contributed by atoms with Crippen molar-refractivity contribution in [1.82, 2.24) is 0 Å². The third kappa shape index (κ3) is 1.98. The van der Waals surface area contributed by atoms with Crippen LogP contribution in [-0.4, -0.2) is 5.52 Å². The average molecular weight is 276 g/mol. The Morgan fingerprint density at radius 1 is 0.947 bits per heavy atom. The lowest BCUT2D eigenvalue weighted by molar-refractivity contribution is -0.413. The van der Waals surface area contributed by atoms with Crippen molar-refractivity contribution in [2.75, 3.05) is 0 Å². The molecule has 1 aliphatic rings. The first-order chi connectivity index (χ1) is 9.22. The Morgan fingerprint density at radius 2 is 1.63 bits per heavy atom. The topological polar surface area (TPSA) is 61.8 Å². The van der Waals surface area contributed by atoms with Crippen LogP contribution in [0.15, 0.2) is 54.6 Å². The van der Waals surface area contributed by atoms with Gasteiger partial charge in [-0.2, -0.15) is 0 Å². The summed E-state index contributed by atoms with van der Waals surface area (Å²) in [6, 6.07) is 14.7. The zero-order chi connectivity index (χ0) is 13.3. The fourth-order valence-electron chi connectivity index (χ4n) is 1.80. The molecule has 96 valence electrons. The lowest BCUT2D eigenvalue weighted by atomic mass is 10.2. The monoisotopic (exact) mass is 276 g/mol. The van der Waals surface area contributed by atoms with Crippen molar-refractivity contribution < 1.29 is 24.0 Å². The van der Waals surface area contributed by atoms with E-state index in [1.807, 2.05) is 0 Å². The molecule has 0 N–H and O–H groups in total. The number of para-hydroxylation sites is 1. The largest absolute Gasteiger partial charge is 0.337 e. The van der Waals surface area contributed by atoms with E-state index < -0.39 is 12.9 Å². The third-order valence-corrected chi connectivity index (χ3v) is 4.80. The van der Waals surface area contributed by atoms with Gasteiger partial charge in [0.25, 0.3) is 5.52 Å². The predicted octanol–water partition coefficient (Wildman–Crippen LogP) is 2.69. The maximum Gasteiger partial charge on any atom is 0.337 e. The number of hydrogen-bond donors (Lipinski definition) is 0. The van der Waals surface area contributed by atoms with Gasteiger partial charge >= 0.3 is 7.37 Å². The highest BCUT2D eigenvalue weighted by molar-refractivity contribution is 7.83. The standard InChI is InChI=1S/C13H9O5P/c14-13(10-6-2-1-3-7-10)19(15)12-9-5-4-8-11(12)16-17-18-19/h1-9H. The molecule has 6 heteroatoms. The van der Waals surface area contributed by atoms with Crippen molar-refractivity contribution >= 4 is 18.2 Å². The number of carbonyl (C=O) groups is 1. The minimum Gasteiger partial charge on any atom is -0.307 e. The van der Waals surface area contributed by atoms with Crippen LogP contribution in [0.1, 0.15) is 10.4 Å². The van der Waals surface area contributed by atoms with Crippen LogP contribution in [0.5, 0.6) is 5.75 Å². The summed E-state index contributed by atoms with van der Waals surface area (Å²) in [7, 11) is -3.80. The molecule has 0 bridgehead atoms. The number of hydrogen-bond acceptors (Lipinski definition) is 5. The summed E-state index contributed by atoms with van der Waals surface area (Å²) < 4.78 is 17.5. The van der Waals surface area contributed by atoms with Crippen LogP contribution in [-0.2, 0) is 14.3 Å². The molecule has 0 aromatic heterocycles. The van der Waals surface area contributed by atoms with Gasteiger partial charge in [-0.3, -0.25) is 9.36 Å². The highest BCUT2D eigenvalue weighted by Crippen LogP contribution is 2.53. The first-order valence-corrected chi connectivity index (χ1v) is 7.17. The Labute approximate surface area is 109 Å². The van der Waals surface area contributed by atoms with Gasteiger partial charge in [0.1, 0.15) is 0 Å². The van der Waals surface area contributed by atoms with Crippen LogP contribution in [0.25, 0.3) is 0 Å². The molecule has 1 aliphatic heterocycles. The molecule has 0 amide bonds. The zero-order valence-corrected chi connectivity index (χ0v) is 10.6. The average Bonchev–Trinajstić information content (AvgIpc) is 2.48. The minimum atomic E-state index is -3.80. The van der Waals surface area contributed by atoms with Crippen LogP contribution in [0.3, 0.4) is 0 Å². The van der Waals surface area contributed by atoms with Crippen LogP contribution in [0.2, 0.25) is 0 Å². The van der Waals surface area contributed by atoms with Crippen molar-refractivity contribution in [1.29, 1.82) is 0 Å². The molecule has 0 aliphatic carbocycles. The van der Waals surface area contributed by atoms with E-state index in [9.17, 15) is 9.36 Å². The van der Waals surface area contributed by atoms with Gasteiger partial charge in [0.15, 0.2) is 5.75 Å². The number of carbonyl (C=O) groups excluding carboxylic acids is 1. The molecule has 0 saturated carbocycles. The van der Waals surface area contributed by atoms with E-state index in [1.165, 1.54) is 6.07 Å². The predicted molar refractivity (Wildman–Crippen MR) is 67.3 cm³/mol. The van der Waals surface area contributed by atoms with E-state index in [-0.39, 0.29) is 11.1 Å². The normalized spacial score (nSPS) is 21.3. The van der Waals surface area contributed by atoms with Gasteiger partial charge in [-0.1, -0.05) is 42.5 Å². The van der Waals surface area contributed by atoms with Gasteiger partial charge in [0.05, 0.1) is 5.30 Å². The summed E-state index contributed by atoms with van der Waals surface area (Å²) in [6.45, 7) is 0. The van der Waals surface area contributed by atoms with Gasteiger partial charge in [0.2, 0.25) is 0 Å². The van der Waals surface area contributed by atoms with Crippen LogP contribution in [0.4, 0.5) is 0 Å². The molecule has 0 fully saturated rings. The van der Waals surface area contributed by atoms with Gasteiger partial charge in [-0.15, -0.1) is 4.67 Å². The fourth-order valence-corrected chi connectivity index (χ4v) is 3.46. The number of benzene rings is 2. The lowest BCUT2D eigenvalue weighted by Crippen LogP contribution is -2.23. The molecule has 1 atom stereocenters. The SMILES string of the molecule is O=C(c1ccccc1)P1(=O)OOOc2ccccc21. The Bertz CT molecular complexity index is 668. The van der Waals surface area contributed by atoms with Gasteiger partial charge in [0, 0.05) is 5.56 Å². The summed E-state index contributed by atoms with van der Waals surface area (Å²) in [5.41, 5.74) is -0.324. The van der Waals surface area contributed by atoms with E-state index in [2.05, 4.69) is 5.04 Å². The lowest BCUT2D eigenvalue weighted by Gasteiger charge is -2.21. The highest BCUT2D eigenvalue weighted by atomic mass is 31.2. The van der Waals surface area contributed by atoms with Crippen molar-refractivity contribution in [3.63, 3.8) is 0 Å². The van der Waals surface area contributed by atoms with E-state index in [4.69, 9.17) is 9.56 Å². The van der Waals surface area contributed by atoms with Crippen LogP contribution >= 0.6 is 7.37 Å². The summed E-state index contributed by atoms with van der Waals surface area (Å²) >= 11 is 0. The third-order valence-electron chi connectivity index (χ3n) is 2.73. The molecule has 19 heavy (non-hydrogen) atoms. The maximum atomic E-state index is 12.8. The van der Waals surface area contributed by atoms with Crippen LogP contribution in [0, 0.1) is 0 Å². The first-order valence-electron chi connectivity index (χ1n) is 5.54. The van der Waals surface area contributed by atoms with Crippen molar-refractivity contribution in [3.8, 4) is 5.75 Å². The van der Waals surface area contributed by atoms with Crippen molar-refractivity contribution in [2.45, 2.75) is 0 Å². The Kier molecular flexibility index (Phi) is 2.95. The second-order valence-electron chi connectivity index (χ2n) is 3.92. The second kappa shape index (κ2) is 4.63. The smallest absolute Gasteiger partial charge is 0.307 e. The maximum absolute atomic E-state index is 12.8. The number of fused-ring (bicyclic) bond motifs is 1. The van der Waals surface area contributed by atoms with Gasteiger partial charge in [-0.05, 0) is 17.2 Å². The molecular weight excluding hydrogens is 267 g/mol. The molecule has 0 saturated heterocycles. The molecule has 2 aromatic rings. The number of rotatable bonds is 2. The molecule has 0 radical (unpaired) electrons. The summed E-state index contributed by atoms with van der Waals surface area (Å²) in [5, 5.41) is 4.57. The van der Waals surface area contributed by atoms with Crippen LogP contribution < -0.4 is 10.2 Å². The molecule has 0 spiro atoms. The van der Waals surface area contributed by atoms with Gasteiger partial charge < -0.3 is 4.89 Å². The van der Waals surface area contributed by atoms with E-state index in [0.29, 0.717) is 5.56 Å². The summed E-state index contributed by atoms with van der Waals surface area (Å²) in [4.78, 5) is 17.1. The van der Waals surface area contributed by atoms with E-state index in [1.54, 1.807) is 48.5 Å². The fraction of sp³-hybridized carbons (Fsp3) is 0. The van der Waals surface area contributed by atoms with E-state index in [0.717, 1.165) is 0 Å². The molecule has 1 heterocycles. The molecule has 1 unspecified atom stereocenters. The van der Waals surface area contributed by atoms with Crippen molar-refractivity contribution in [3.05, 3.63) is 60.2 Å². The molecular formula is C13H9O5P. The minimum absolute atomic E-state index is 0.204. The molecule has 2 aromatic carbocycles. The molecule has 5 nitrogen and oxygen atoms in total.